The fourth-order valence-electron chi connectivity index (χ4n) is 6.70. The number of benzene rings is 2. The maximum atomic E-state index is 15.0. The van der Waals surface area contributed by atoms with Crippen molar-refractivity contribution in [1.82, 2.24) is 19.7 Å². The number of hydrogen-bond donors (Lipinski definition) is 1. The van der Waals surface area contributed by atoms with Gasteiger partial charge in [-0.25, -0.2) is 23.4 Å². The highest BCUT2D eigenvalue weighted by Gasteiger charge is 2.50. The molecule has 16 heteroatoms. The quantitative estimate of drug-likeness (QED) is 0.159. The molecule has 1 saturated heterocycles. The van der Waals surface area contributed by atoms with E-state index < -0.39 is 52.3 Å². The van der Waals surface area contributed by atoms with E-state index in [1.165, 1.54) is 9.80 Å². The van der Waals surface area contributed by atoms with Crippen LogP contribution in [0.2, 0.25) is 5.02 Å². The topological polar surface area (TPSA) is 131 Å². The summed E-state index contributed by atoms with van der Waals surface area (Å²) in [4.78, 5) is 50.7. The molecule has 1 saturated carbocycles. The van der Waals surface area contributed by atoms with Gasteiger partial charge in [-0.1, -0.05) is 35.1 Å². The first-order chi connectivity index (χ1) is 25.2. The van der Waals surface area contributed by atoms with Crippen molar-refractivity contribution in [3.63, 3.8) is 0 Å². The molecule has 1 unspecified atom stereocenters. The summed E-state index contributed by atoms with van der Waals surface area (Å²) in [5, 5.41) is 10.2. The Morgan fingerprint density at radius 2 is 1.79 bits per heavy atom. The van der Waals surface area contributed by atoms with Crippen molar-refractivity contribution in [2.24, 2.45) is 0 Å². The maximum Gasteiger partial charge on any atom is 0.410 e. The van der Waals surface area contributed by atoms with E-state index in [4.69, 9.17) is 30.5 Å². The van der Waals surface area contributed by atoms with Crippen LogP contribution in [-0.4, -0.2) is 100 Å². The normalized spacial score (nSPS) is 18.5. The fraction of sp³-hybridized carbons (Fsp3) is 0.459. The maximum absolute atomic E-state index is 15.0. The molecule has 2 aromatic carbocycles. The summed E-state index contributed by atoms with van der Waals surface area (Å²) < 4.78 is 50.3. The molecular weight excluding hydrogens is 734 g/mol. The Balaban J connectivity index is 1.33. The average molecular weight is 775 g/mol. The first-order valence-electron chi connectivity index (χ1n) is 17.2. The van der Waals surface area contributed by atoms with Gasteiger partial charge in [0.25, 0.3) is 11.1 Å². The zero-order valence-corrected chi connectivity index (χ0v) is 31.6. The van der Waals surface area contributed by atoms with Crippen molar-refractivity contribution < 1.29 is 47.2 Å². The molecule has 1 aromatic heterocycles. The molecule has 2 bridgehead atoms. The van der Waals surface area contributed by atoms with Gasteiger partial charge in [0.1, 0.15) is 35.4 Å². The number of halogens is 3. The summed E-state index contributed by atoms with van der Waals surface area (Å²) in [7, 11) is 1.59. The number of thiazole rings is 1. The van der Waals surface area contributed by atoms with E-state index in [2.05, 4.69) is 4.98 Å². The van der Waals surface area contributed by atoms with Crippen molar-refractivity contribution in [2.75, 3.05) is 33.4 Å². The molecule has 0 radical (unpaired) electrons. The van der Waals surface area contributed by atoms with Gasteiger partial charge >= 0.3 is 12.2 Å². The van der Waals surface area contributed by atoms with Crippen LogP contribution >= 0.6 is 22.9 Å². The minimum atomic E-state index is -1.20. The lowest BCUT2D eigenvalue weighted by Crippen LogP contribution is -2.65. The number of carbonyl (C=O) groups excluding carboxylic acids is 2. The van der Waals surface area contributed by atoms with E-state index in [-0.39, 0.29) is 62.0 Å². The van der Waals surface area contributed by atoms with Crippen LogP contribution in [0.15, 0.2) is 42.1 Å². The second-order valence-corrected chi connectivity index (χ2v) is 15.5. The summed E-state index contributed by atoms with van der Waals surface area (Å²) >= 11 is 7.02. The third-order valence-corrected chi connectivity index (χ3v) is 10.6. The van der Waals surface area contributed by atoms with Crippen LogP contribution < -0.4 is 14.2 Å². The standard InChI is InChI=1S/C37H41ClF2N4O8S/c1-20-21(7-6-8-28(20)49-5)17-43(22-9-10-22)33(45)30-24(15-23-18-42(36(48)52-37(2,3)4)19-27(30)44(23)35(46)47)29-16-41-34(53-29)51-14-13-50-32-26(40)12-11-25(39)31(32)38/h6-8,11-12,16,22-23,27H,9-10,13-15,17-19H2,1-5H3,(H,46,47)/t23?,27-/m1/s1. The Labute approximate surface area is 314 Å². The van der Waals surface area contributed by atoms with Crippen molar-refractivity contribution >= 4 is 46.6 Å². The first-order valence-corrected chi connectivity index (χ1v) is 18.4. The monoisotopic (exact) mass is 774 g/mol. The number of hydrogen-bond acceptors (Lipinski definition) is 9. The van der Waals surface area contributed by atoms with Gasteiger partial charge in [-0.05, 0) is 81.9 Å². The summed E-state index contributed by atoms with van der Waals surface area (Å²) in [6.45, 7) is 7.20. The van der Waals surface area contributed by atoms with Gasteiger partial charge in [0.05, 0.1) is 24.1 Å². The molecule has 0 spiro atoms. The lowest BCUT2D eigenvalue weighted by molar-refractivity contribution is -0.129. The summed E-state index contributed by atoms with van der Waals surface area (Å²) in [6.07, 6.45) is 1.50. The van der Waals surface area contributed by atoms with Crippen LogP contribution in [0.25, 0.3) is 5.57 Å². The Morgan fingerprint density at radius 3 is 2.47 bits per heavy atom. The average Bonchev–Trinajstić information content (AvgIpc) is 3.83. The van der Waals surface area contributed by atoms with Crippen molar-refractivity contribution in [1.29, 1.82) is 0 Å². The molecule has 3 amide bonds. The predicted molar refractivity (Wildman–Crippen MR) is 193 cm³/mol. The molecule has 53 heavy (non-hydrogen) atoms. The molecule has 3 heterocycles. The number of aromatic nitrogens is 1. The van der Waals surface area contributed by atoms with Gasteiger partial charge in [-0.3, -0.25) is 9.69 Å². The highest BCUT2D eigenvalue weighted by atomic mass is 35.5. The second-order valence-electron chi connectivity index (χ2n) is 14.1. The van der Waals surface area contributed by atoms with Crippen LogP contribution in [0, 0.1) is 18.6 Å². The number of fused-ring (bicyclic) bond motifs is 2. The fourth-order valence-corrected chi connectivity index (χ4v) is 7.76. The number of carboxylic acid groups (broad SMARTS) is 1. The molecule has 3 aliphatic rings. The van der Waals surface area contributed by atoms with Crippen molar-refractivity contribution in [3.8, 4) is 16.7 Å². The highest BCUT2D eigenvalue weighted by Crippen LogP contribution is 2.43. The predicted octanol–water partition coefficient (Wildman–Crippen LogP) is 7.17. The van der Waals surface area contributed by atoms with Gasteiger partial charge < -0.3 is 33.9 Å². The minimum Gasteiger partial charge on any atom is -0.496 e. The molecule has 284 valence electrons. The number of carbonyl (C=O) groups is 3. The molecule has 2 fully saturated rings. The second kappa shape index (κ2) is 15.4. The third kappa shape index (κ3) is 8.30. The SMILES string of the molecule is COc1cccc(CN(C(=O)C2=C(c3cnc(OCCOc4c(F)ccc(F)c4Cl)s3)CC3CN(C(=O)OC(C)(C)C)C[C@H]2N3C(=O)O)C2CC2)c1C. The van der Waals surface area contributed by atoms with Gasteiger partial charge in [0.2, 0.25) is 0 Å². The van der Waals surface area contributed by atoms with Crippen LogP contribution in [0.5, 0.6) is 16.7 Å². The van der Waals surface area contributed by atoms with Gasteiger partial charge in [0.15, 0.2) is 11.6 Å². The van der Waals surface area contributed by atoms with Crippen molar-refractivity contribution in [2.45, 2.75) is 77.2 Å². The Kier molecular flexibility index (Phi) is 11.1. The Morgan fingerprint density at radius 1 is 1.08 bits per heavy atom. The molecule has 1 aliphatic carbocycles. The minimum absolute atomic E-state index is 0.0554. The van der Waals surface area contributed by atoms with Gasteiger partial charge in [-0.15, -0.1) is 0 Å². The number of amides is 3. The van der Waals surface area contributed by atoms with E-state index in [0.29, 0.717) is 16.2 Å². The smallest absolute Gasteiger partial charge is 0.410 e. The van der Waals surface area contributed by atoms with Crippen LogP contribution in [0.1, 0.15) is 56.0 Å². The molecule has 12 nitrogen and oxygen atoms in total. The van der Waals surface area contributed by atoms with Crippen molar-refractivity contribution in [3.05, 3.63) is 74.8 Å². The van der Waals surface area contributed by atoms with E-state index in [0.717, 1.165) is 47.4 Å². The number of methoxy groups -OCH3 is 1. The summed E-state index contributed by atoms with van der Waals surface area (Å²) in [5.41, 5.74) is 1.89. The molecule has 2 aliphatic heterocycles. The number of piperazine rings is 1. The molecule has 3 aromatic rings. The van der Waals surface area contributed by atoms with Crippen LogP contribution in [0.4, 0.5) is 18.4 Å². The first kappa shape index (κ1) is 38.1. The zero-order valence-electron chi connectivity index (χ0n) is 30.0. The zero-order chi connectivity index (χ0) is 38.2. The van der Waals surface area contributed by atoms with Crippen LogP contribution in [0.3, 0.4) is 0 Å². The van der Waals surface area contributed by atoms with Crippen LogP contribution in [-0.2, 0) is 16.1 Å². The number of ether oxygens (including phenoxy) is 4. The molecule has 2 atom stereocenters. The third-order valence-electron chi connectivity index (χ3n) is 9.30. The van der Waals surface area contributed by atoms with E-state index >= 15 is 0 Å². The lowest BCUT2D eigenvalue weighted by Gasteiger charge is -2.50. The van der Waals surface area contributed by atoms with Gasteiger partial charge in [-0.2, -0.15) is 0 Å². The molecule has 6 rings (SSSR count). The number of nitrogens with zero attached hydrogens (tertiary/aromatic N) is 4. The van der Waals surface area contributed by atoms with Gasteiger partial charge in [0, 0.05) is 37.4 Å². The largest absolute Gasteiger partial charge is 0.496 e. The summed E-state index contributed by atoms with van der Waals surface area (Å²) in [5.74, 6) is -1.70. The summed E-state index contributed by atoms with van der Waals surface area (Å²) in [6, 6.07) is 5.75. The molecule has 1 N–H and O–H groups in total. The Hall–Kier alpha value is -4.63. The van der Waals surface area contributed by atoms with E-state index in [9.17, 15) is 28.3 Å². The highest BCUT2D eigenvalue weighted by molar-refractivity contribution is 7.14. The van der Waals surface area contributed by atoms with E-state index in [1.807, 2.05) is 25.1 Å². The van der Waals surface area contributed by atoms with E-state index in [1.54, 1.807) is 39.0 Å². The molecular formula is C37H41ClF2N4O8S. The number of rotatable bonds is 11. The lowest BCUT2D eigenvalue weighted by atomic mass is 9.83. The Bertz CT molecular complexity index is 1930.